The number of aliphatic hydroxyl groups is 1. The third-order valence-corrected chi connectivity index (χ3v) is 4.64. The van der Waals surface area contributed by atoms with Gasteiger partial charge in [0.25, 0.3) is 5.91 Å². The van der Waals surface area contributed by atoms with Gasteiger partial charge in [0.2, 0.25) is 0 Å². The normalized spacial score (nSPS) is 21.7. The molecule has 1 saturated heterocycles. The zero-order chi connectivity index (χ0) is 17.3. The molecule has 0 radical (unpaired) electrons. The number of fused-ring (bicyclic) bond motifs is 1. The first-order valence-electron chi connectivity index (χ1n) is 8.44. The standard InChI is InChI=1S/C17H25N5O2/c1-11-9-12(2)22-15(20-11)14(13(3)21-22)16(23)19-10-17(24)5-4-7-18-8-6-17/h9,18,24H,4-8,10H2,1-3H3,(H,19,23)/t17-/m1/s1. The van der Waals surface area contributed by atoms with E-state index in [-0.39, 0.29) is 12.5 Å². The van der Waals surface area contributed by atoms with Gasteiger partial charge in [-0.25, -0.2) is 9.50 Å². The minimum absolute atomic E-state index is 0.231. The maximum absolute atomic E-state index is 12.7. The molecule has 0 aliphatic carbocycles. The Hall–Kier alpha value is -1.99. The molecular formula is C17H25N5O2. The summed E-state index contributed by atoms with van der Waals surface area (Å²) in [6.07, 6.45) is 2.23. The maximum Gasteiger partial charge on any atom is 0.257 e. The summed E-state index contributed by atoms with van der Waals surface area (Å²) in [5, 5.41) is 21.3. The number of hydrogen-bond donors (Lipinski definition) is 3. The van der Waals surface area contributed by atoms with Crippen LogP contribution in [-0.2, 0) is 0 Å². The summed E-state index contributed by atoms with van der Waals surface area (Å²) >= 11 is 0. The maximum atomic E-state index is 12.7. The van der Waals surface area contributed by atoms with Crippen LogP contribution >= 0.6 is 0 Å². The highest BCUT2D eigenvalue weighted by Crippen LogP contribution is 2.20. The van der Waals surface area contributed by atoms with Crippen LogP contribution in [0.1, 0.15) is 46.7 Å². The minimum Gasteiger partial charge on any atom is -0.388 e. The van der Waals surface area contributed by atoms with Crippen molar-refractivity contribution in [2.24, 2.45) is 0 Å². The van der Waals surface area contributed by atoms with Crippen LogP contribution in [0.4, 0.5) is 0 Å². The minimum atomic E-state index is -0.852. The molecule has 0 unspecified atom stereocenters. The lowest BCUT2D eigenvalue weighted by atomic mass is 9.95. The highest BCUT2D eigenvalue weighted by atomic mass is 16.3. The van der Waals surface area contributed by atoms with Crippen LogP contribution in [0.3, 0.4) is 0 Å². The Kier molecular flexibility index (Phi) is 4.56. The summed E-state index contributed by atoms with van der Waals surface area (Å²) in [4.78, 5) is 17.2. The summed E-state index contributed by atoms with van der Waals surface area (Å²) in [5.41, 5.74) is 2.63. The van der Waals surface area contributed by atoms with E-state index in [1.54, 1.807) is 4.52 Å². The fourth-order valence-electron chi connectivity index (χ4n) is 3.32. The zero-order valence-corrected chi connectivity index (χ0v) is 14.5. The number of hydrogen-bond acceptors (Lipinski definition) is 5. The first kappa shape index (κ1) is 16.9. The number of carbonyl (C=O) groups excluding carboxylic acids is 1. The van der Waals surface area contributed by atoms with E-state index in [0.717, 1.165) is 30.9 Å². The van der Waals surface area contributed by atoms with E-state index >= 15 is 0 Å². The molecule has 7 heteroatoms. The Bertz CT molecular complexity index is 760. The highest BCUT2D eigenvalue weighted by molar-refractivity contribution is 6.01. The summed E-state index contributed by atoms with van der Waals surface area (Å²) in [7, 11) is 0. The second kappa shape index (κ2) is 6.49. The summed E-state index contributed by atoms with van der Waals surface area (Å²) in [6, 6.07) is 1.93. The van der Waals surface area contributed by atoms with E-state index in [1.165, 1.54) is 0 Å². The number of nitrogens with one attached hydrogen (secondary N) is 2. The van der Waals surface area contributed by atoms with Crippen molar-refractivity contribution in [2.75, 3.05) is 19.6 Å². The molecular weight excluding hydrogens is 306 g/mol. The Balaban J connectivity index is 1.82. The molecule has 0 saturated carbocycles. The van der Waals surface area contributed by atoms with Crippen LogP contribution in [0, 0.1) is 20.8 Å². The van der Waals surface area contributed by atoms with Crippen molar-refractivity contribution in [3.63, 3.8) is 0 Å². The number of rotatable bonds is 3. The van der Waals surface area contributed by atoms with Gasteiger partial charge in [-0.15, -0.1) is 0 Å². The van der Waals surface area contributed by atoms with E-state index in [9.17, 15) is 9.90 Å². The van der Waals surface area contributed by atoms with E-state index in [4.69, 9.17) is 0 Å². The molecule has 0 bridgehead atoms. The molecule has 3 rings (SSSR count). The lowest BCUT2D eigenvalue weighted by Crippen LogP contribution is -2.43. The third kappa shape index (κ3) is 3.27. The monoisotopic (exact) mass is 331 g/mol. The van der Waals surface area contributed by atoms with Crippen LogP contribution in [0.2, 0.25) is 0 Å². The average molecular weight is 331 g/mol. The largest absolute Gasteiger partial charge is 0.388 e. The lowest BCUT2D eigenvalue weighted by molar-refractivity contribution is 0.0276. The lowest BCUT2D eigenvalue weighted by Gasteiger charge is -2.26. The summed E-state index contributed by atoms with van der Waals surface area (Å²) < 4.78 is 1.70. The van der Waals surface area contributed by atoms with Crippen molar-refractivity contribution >= 4 is 11.6 Å². The Morgan fingerprint density at radius 3 is 2.96 bits per heavy atom. The van der Waals surface area contributed by atoms with E-state index in [0.29, 0.717) is 29.7 Å². The molecule has 24 heavy (non-hydrogen) atoms. The first-order chi connectivity index (χ1) is 11.4. The second-order valence-corrected chi connectivity index (χ2v) is 6.75. The fourth-order valence-corrected chi connectivity index (χ4v) is 3.32. The summed E-state index contributed by atoms with van der Waals surface area (Å²) in [6.45, 7) is 7.57. The molecule has 2 aromatic rings. The molecule has 3 N–H and O–H groups in total. The van der Waals surface area contributed by atoms with Crippen LogP contribution in [0.15, 0.2) is 6.07 Å². The number of aromatic nitrogens is 3. The van der Waals surface area contributed by atoms with Crippen LogP contribution < -0.4 is 10.6 Å². The number of aryl methyl sites for hydroxylation is 3. The van der Waals surface area contributed by atoms with Gasteiger partial charge in [0.15, 0.2) is 5.65 Å². The topological polar surface area (TPSA) is 91.6 Å². The Labute approximate surface area is 141 Å². The van der Waals surface area contributed by atoms with Crippen molar-refractivity contribution < 1.29 is 9.90 Å². The molecule has 1 aliphatic heterocycles. The van der Waals surface area contributed by atoms with Gasteiger partial charge in [0, 0.05) is 17.9 Å². The number of nitrogens with zero attached hydrogens (tertiary/aromatic N) is 3. The fraction of sp³-hybridized carbons (Fsp3) is 0.588. The molecule has 1 fully saturated rings. The van der Waals surface area contributed by atoms with Crippen LogP contribution in [-0.4, -0.2) is 50.8 Å². The molecule has 1 atom stereocenters. The predicted octanol–water partition coefficient (Wildman–Crippen LogP) is 0.889. The van der Waals surface area contributed by atoms with Crippen molar-refractivity contribution in [2.45, 2.75) is 45.6 Å². The van der Waals surface area contributed by atoms with Crippen molar-refractivity contribution in [1.82, 2.24) is 25.2 Å². The molecule has 2 aromatic heterocycles. The molecule has 1 aliphatic rings. The molecule has 0 aromatic carbocycles. The van der Waals surface area contributed by atoms with E-state index < -0.39 is 5.60 Å². The van der Waals surface area contributed by atoms with Gasteiger partial charge in [-0.05, 0) is 59.2 Å². The van der Waals surface area contributed by atoms with Gasteiger partial charge < -0.3 is 15.7 Å². The van der Waals surface area contributed by atoms with Gasteiger partial charge in [-0.1, -0.05) is 0 Å². The second-order valence-electron chi connectivity index (χ2n) is 6.75. The average Bonchev–Trinajstić information content (AvgIpc) is 2.70. The SMILES string of the molecule is Cc1cc(C)n2nc(C)c(C(=O)NC[C@@]3(O)CCCNCC3)c2n1. The van der Waals surface area contributed by atoms with Gasteiger partial charge in [0.05, 0.1) is 11.3 Å². The van der Waals surface area contributed by atoms with Crippen LogP contribution in [0.25, 0.3) is 5.65 Å². The summed E-state index contributed by atoms with van der Waals surface area (Å²) in [5.74, 6) is -0.231. The van der Waals surface area contributed by atoms with Crippen molar-refractivity contribution in [3.8, 4) is 0 Å². The third-order valence-electron chi connectivity index (χ3n) is 4.64. The Morgan fingerprint density at radius 1 is 1.38 bits per heavy atom. The molecule has 0 spiro atoms. The molecule has 1 amide bonds. The van der Waals surface area contributed by atoms with Crippen LogP contribution in [0.5, 0.6) is 0 Å². The van der Waals surface area contributed by atoms with Gasteiger partial charge >= 0.3 is 0 Å². The zero-order valence-electron chi connectivity index (χ0n) is 14.5. The smallest absolute Gasteiger partial charge is 0.257 e. The molecule has 130 valence electrons. The van der Waals surface area contributed by atoms with Gasteiger partial charge in [0.1, 0.15) is 5.56 Å². The number of carbonyl (C=O) groups is 1. The van der Waals surface area contributed by atoms with Gasteiger partial charge in [-0.2, -0.15) is 5.10 Å². The predicted molar refractivity (Wildman–Crippen MR) is 91.2 cm³/mol. The molecule has 3 heterocycles. The quantitative estimate of drug-likeness (QED) is 0.777. The van der Waals surface area contributed by atoms with E-state index in [2.05, 4.69) is 20.7 Å². The van der Waals surface area contributed by atoms with E-state index in [1.807, 2.05) is 26.8 Å². The number of amides is 1. The highest BCUT2D eigenvalue weighted by Gasteiger charge is 2.29. The molecule has 7 nitrogen and oxygen atoms in total. The van der Waals surface area contributed by atoms with Crippen molar-refractivity contribution in [3.05, 3.63) is 28.7 Å². The first-order valence-corrected chi connectivity index (χ1v) is 8.44. The van der Waals surface area contributed by atoms with Gasteiger partial charge in [-0.3, -0.25) is 4.79 Å². The van der Waals surface area contributed by atoms with Crippen molar-refractivity contribution in [1.29, 1.82) is 0 Å². The Morgan fingerprint density at radius 2 is 2.17 bits per heavy atom.